The Balaban J connectivity index is 1.60. The highest BCUT2D eigenvalue weighted by molar-refractivity contribution is 4.99. The van der Waals surface area contributed by atoms with Crippen LogP contribution < -0.4 is 5.32 Å². The first-order chi connectivity index (χ1) is 8.78. The van der Waals surface area contributed by atoms with Gasteiger partial charge in [-0.1, -0.05) is 19.8 Å². The van der Waals surface area contributed by atoms with E-state index >= 15 is 0 Å². The number of hydrogen-bond acceptors (Lipinski definition) is 2. The lowest BCUT2D eigenvalue weighted by atomic mass is 9.83. The smallest absolute Gasteiger partial charge is 0.0534 e. The fourth-order valence-electron chi connectivity index (χ4n) is 3.04. The van der Waals surface area contributed by atoms with Crippen LogP contribution >= 0.6 is 0 Å². The minimum absolute atomic E-state index is 0.745. The highest BCUT2D eigenvalue weighted by atomic mass is 15.3. The predicted octanol–water partition coefficient (Wildman–Crippen LogP) is 3.14. The van der Waals surface area contributed by atoms with Gasteiger partial charge in [0.05, 0.1) is 12.7 Å². The van der Waals surface area contributed by atoms with Crippen molar-refractivity contribution < 1.29 is 0 Å². The Kier molecular flexibility index (Phi) is 5.24. The number of aromatic nitrogens is 2. The summed E-state index contributed by atoms with van der Waals surface area (Å²) < 4.78 is 2.03. The van der Waals surface area contributed by atoms with E-state index in [4.69, 9.17) is 0 Å². The van der Waals surface area contributed by atoms with E-state index in [0.29, 0.717) is 0 Å². The summed E-state index contributed by atoms with van der Waals surface area (Å²) in [5.41, 5.74) is 1.25. The molecule has 0 unspecified atom stereocenters. The molecule has 1 saturated carbocycles. The Labute approximate surface area is 111 Å². The first-order valence-electron chi connectivity index (χ1n) is 7.50. The zero-order valence-corrected chi connectivity index (χ0v) is 11.9. The maximum absolute atomic E-state index is 4.31. The quantitative estimate of drug-likeness (QED) is 0.839. The predicted molar refractivity (Wildman–Crippen MR) is 75.6 cm³/mol. The molecule has 3 nitrogen and oxygen atoms in total. The second-order valence-electron chi connectivity index (χ2n) is 5.74. The van der Waals surface area contributed by atoms with E-state index in [1.165, 1.54) is 44.1 Å². The molecule has 1 aromatic heterocycles. The maximum atomic E-state index is 4.31. The summed E-state index contributed by atoms with van der Waals surface area (Å²) in [6, 6.07) is 0.745. The van der Waals surface area contributed by atoms with Crippen molar-refractivity contribution in [1.29, 1.82) is 0 Å². The topological polar surface area (TPSA) is 29.9 Å². The minimum atomic E-state index is 0.745. The van der Waals surface area contributed by atoms with Gasteiger partial charge in [0, 0.05) is 18.8 Å². The number of aryl methyl sites for hydroxylation is 1. The molecule has 0 atom stereocenters. The zero-order chi connectivity index (χ0) is 12.8. The lowest BCUT2D eigenvalue weighted by Crippen LogP contribution is -2.35. The average Bonchev–Trinajstić information content (AvgIpc) is 2.78. The van der Waals surface area contributed by atoms with Gasteiger partial charge in [-0.25, -0.2) is 0 Å². The van der Waals surface area contributed by atoms with Crippen molar-refractivity contribution in [2.24, 2.45) is 5.92 Å². The fraction of sp³-hybridized carbons (Fsp3) is 0.800. The van der Waals surface area contributed by atoms with Crippen LogP contribution in [0.1, 0.15) is 51.0 Å². The summed E-state index contributed by atoms with van der Waals surface area (Å²) in [7, 11) is 0. The number of rotatable bonds is 6. The molecule has 2 rings (SSSR count). The van der Waals surface area contributed by atoms with Gasteiger partial charge in [-0.15, -0.1) is 0 Å². The Morgan fingerprint density at radius 3 is 2.72 bits per heavy atom. The van der Waals surface area contributed by atoms with E-state index in [1.807, 2.05) is 10.9 Å². The molecule has 0 aliphatic heterocycles. The van der Waals surface area contributed by atoms with E-state index in [9.17, 15) is 0 Å². The second kappa shape index (κ2) is 6.93. The highest BCUT2D eigenvalue weighted by Gasteiger charge is 2.19. The largest absolute Gasteiger partial charge is 0.312 e. The molecule has 0 radical (unpaired) electrons. The van der Waals surface area contributed by atoms with Gasteiger partial charge in [0.2, 0.25) is 0 Å². The van der Waals surface area contributed by atoms with Crippen LogP contribution in [0.15, 0.2) is 12.4 Å². The summed E-state index contributed by atoms with van der Waals surface area (Å²) in [4.78, 5) is 0. The van der Waals surface area contributed by atoms with Gasteiger partial charge in [-0.2, -0.15) is 5.10 Å². The molecule has 1 fully saturated rings. The monoisotopic (exact) mass is 249 g/mol. The third-order valence-corrected chi connectivity index (χ3v) is 4.08. The SMILES string of the molecule is CCCC1CCC(NCCn2cc(C)cn2)CC1. The van der Waals surface area contributed by atoms with Crippen molar-refractivity contribution in [3.05, 3.63) is 18.0 Å². The summed E-state index contributed by atoms with van der Waals surface area (Å²) in [5.74, 6) is 1.00. The summed E-state index contributed by atoms with van der Waals surface area (Å²) in [5, 5.41) is 7.99. The van der Waals surface area contributed by atoms with Crippen molar-refractivity contribution in [2.45, 2.75) is 65.0 Å². The van der Waals surface area contributed by atoms with Gasteiger partial charge in [0.15, 0.2) is 0 Å². The molecule has 1 aliphatic rings. The maximum Gasteiger partial charge on any atom is 0.0534 e. The van der Waals surface area contributed by atoms with Gasteiger partial charge in [0.1, 0.15) is 0 Å². The first-order valence-corrected chi connectivity index (χ1v) is 7.50. The van der Waals surface area contributed by atoms with Crippen molar-refractivity contribution in [3.63, 3.8) is 0 Å². The van der Waals surface area contributed by atoms with Crippen LogP contribution in [0.3, 0.4) is 0 Å². The van der Waals surface area contributed by atoms with Gasteiger partial charge >= 0.3 is 0 Å². The number of nitrogens with zero attached hydrogens (tertiary/aromatic N) is 2. The zero-order valence-electron chi connectivity index (χ0n) is 11.9. The van der Waals surface area contributed by atoms with Gasteiger partial charge < -0.3 is 5.32 Å². The Hall–Kier alpha value is -0.830. The molecule has 1 heterocycles. The lowest BCUT2D eigenvalue weighted by Gasteiger charge is -2.29. The Bertz CT molecular complexity index is 337. The molecule has 0 aromatic carbocycles. The van der Waals surface area contributed by atoms with E-state index in [2.05, 4.69) is 30.5 Å². The molecule has 1 N–H and O–H groups in total. The van der Waals surface area contributed by atoms with E-state index < -0.39 is 0 Å². The summed E-state index contributed by atoms with van der Waals surface area (Å²) >= 11 is 0. The standard InChI is InChI=1S/C15H27N3/c1-3-4-14-5-7-15(8-6-14)16-9-10-18-12-13(2)11-17-18/h11-12,14-16H,3-10H2,1-2H3. The molecular weight excluding hydrogens is 222 g/mol. The van der Waals surface area contributed by atoms with E-state index in [1.54, 1.807) is 0 Å². The van der Waals surface area contributed by atoms with Gasteiger partial charge in [-0.05, 0) is 44.1 Å². The number of nitrogens with one attached hydrogen (secondary N) is 1. The lowest BCUT2D eigenvalue weighted by molar-refractivity contribution is 0.276. The van der Waals surface area contributed by atoms with E-state index in [0.717, 1.165) is 25.0 Å². The van der Waals surface area contributed by atoms with Gasteiger partial charge in [-0.3, -0.25) is 4.68 Å². The van der Waals surface area contributed by atoms with Crippen LogP contribution in [0.2, 0.25) is 0 Å². The normalized spacial score (nSPS) is 24.3. The second-order valence-corrected chi connectivity index (χ2v) is 5.74. The molecule has 18 heavy (non-hydrogen) atoms. The van der Waals surface area contributed by atoms with Crippen LogP contribution in [0.5, 0.6) is 0 Å². The molecule has 0 bridgehead atoms. The molecule has 0 spiro atoms. The summed E-state index contributed by atoms with van der Waals surface area (Å²) in [6.45, 7) is 6.43. The Morgan fingerprint density at radius 1 is 1.33 bits per heavy atom. The first kappa shape index (κ1) is 13.6. The molecule has 1 aromatic rings. The van der Waals surface area contributed by atoms with Crippen LogP contribution in [-0.2, 0) is 6.54 Å². The number of hydrogen-bond donors (Lipinski definition) is 1. The van der Waals surface area contributed by atoms with Crippen molar-refractivity contribution in [1.82, 2.24) is 15.1 Å². The minimum Gasteiger partial charge on any atom is -0.312 e. The van der Waals surface area contributed by atoms with Crippen LogP contribution in [0.4, 0.5) is 0 Å². The van der Waals surface area contributed by atoms with Crippen molar-refractivity contribution >= 4 is 0 Å². The van der Waals surface area contributed by atoms with Crippen LogP contribution in [-0.4, -0.2) is 22.4 Å². The fourth-order valence-corrected chi connectivity index (χ4v) is 3.04. The third-order valence-electron chi connectivity index (χ3n) is 4.08. The van der Waals surface area contributed by atoms with Crippen molar-refractivity contribution in [2.75, 3.05) is 6.54 Å². The molecule has 3 heteroatoms. The molecular formula is C15H27N3. The van der Waals surface area contributed by atoms with E-state index in [-0.39, 0.29) is 0 Å². The van der Waals surface area contributed by atoms with Crippen LogP contribution in [0, 0.1) is 12.8 Å². The molecule has 0 saturated heterocycles. The van der Waals surface area contributed by atoms with Crippen LogP contribution in [0.25, 0.3) is 0 Å². The molecule has 102 valence electrons. The third kappa shape index (κ3) is 4.13. The summed E-state index contributed by atoms with van der Waals surface area (Å²) in [6.07, 6.45) is 12.4. The van der Waals surface area contributed by atoms with Gasteiger partial charge in [0.25, 0.3) is 0 Å². The molecule has 0 amide bonds. The average molecular weight is 249 g/mol. The van der Waals surface area contributed by atoms with Crippen molar-refractivity contribution in [3.8, 4) is 0 Å². The highest BCUT2D eigenvalue weighted by Crippen LogP contribution is 2.27. The Morgan fingerprint density at radius 2 is 2.11 bits per heavy atom. The molecule has 1 aliphatic carbocycles.